The summed E-state index contributed by atoms with van der Waals surface area (Å²) < 4.78 is 0. The minimum atomic E-state index is -0.586. The van der Waals surface area contributed by atoms with Gasteiger partial charge in [-0.15, -0.1) is 0 Å². The minimum Gasteiger partial charge on any atom is -0.366 e. The van der Waals surface area contributed by atoms with Crippen LogP contribution in [0.5, 0.6) is 0 Å². The van der Waals surface area contributed by atoms with Gasteiger partial charge in [0.25, 0.3) is 11.6 Å². The lowest BCUT2D eigenvalue weighted by atomic mass is 10.1. The van der Waals surface area contributed by atoms with Crippen molar-refractivity contribution in [1.29, 1.82) is 0 Å². The summed E-state index contributed by atoms with van der Waals surface area (Å²) in [6.07, 6.45) is 1.35. The molecule has 0 spiro atoms. The first-order valence-electron chi connectivity index (χ1n) is 9.87. The van der Waals surface area contributed by atoms with Crippen molar-refractivity contribution in [3.05, 3.63) is 62.1 Å². The number of carbonyl (C=O) groups excluding carboxylic acids is 2. The maximum absolute atomic E-state index is 12.8. The van der Waals surface area contributed by atoms with Crippen molar-refractivity contribution in [2.45, 2.75) is 19.8 Å². The molecule has 1 saturated heterocycles. The Morgan fingerprint density at radius 1 is 1.10 bits per heavy atom. The molecule has 1 N–H and O–H groups in total. The van der Waals surface area contributed by atoms with E-state index in [1.807, 2.05) is 11.8 Å². The largest absolute Gasteiger partial charge is 0.366 e. The van der Waals surface area contributed by atoms with Gasteiger partial charge < -0.3 is 15.1 Å². The first kappa shape index (κ1) is 22.8. The third kappa shape index (κ3) is 5.45. The number of nitro benzene ring substituents is 1. The molecular weight excluding hydrogens is 443 g/mol. The molecule has 31 heavy (non-hydrogen) atoms. The molecule has 8 nitrogen and oxygen atoms in total. The number of amides is 2. The van der Waals surface area contributed by atoms with Crippen molar-refractivity contribution >= 4 is 52.1 Å². The van der Waals surface area contributed by atoms with E-state index in [9.17, 15) is 19.7 Å². The van der Waals surface area contributed by atoms with Crippen LogP contribution < -0.4 is 10.2 Å². The second kappa shape index (κ2) is 9.98. The van der Waals surface area contributed by atoms with Crippen molar-refractivity contribution in [2.75, 3.05) is 36.4 Å². The van der Waals surface area contributed by atoms with Gasteiger partial charge in [-0.1, -0.05) is 30.1 Å². The summed E-state index contributed by atoms with van der Waals surface area (Å²) in [6.45, 7) is 4.37. The fourth-order valence-corrected chi connectivity index (χ4v) is 3.82. The second-order valence-electron chi connectivity index (χ2n) is 7.15. The summed E-state index contributed by atoms with van der Waals surface area (Å²) >= 11 is 12.2. The van der Waals surface area contributed by atoms with Gasteiger partial charge >= 0.3 is 0 Å². The normalized spacial score (nSPS) is 13.8. The fraction of sp³-hybridized carbons (Fsp3) is 0.333. The third-order valence-corrected chi connectivity index (χ3v) is 5.61. The lowest BCUT2D eigenvalue weighted by Gasteiger charge is -2.37. The van der Waals surface area contributed by atoms with E-state index < -0.39 is 10.8 Å². The van der Waals surface area contributed by atoms with Crippen LogP contribution in [0.25, 0.3) is 0 Å². The standard InChI is InChI=1S/C21H22Cl2N4O4/c1-2-3-20(28)26-10-8-25(9-11-26)19-7-4-14(22)12-18(19)24-21(29)16-13-15(27(30)31)5-6-17(16)23/h4-7,12-13H,2-3,8-11H2,1H3,(H,24,29). The highest BCUT2D eigenvalue weighted by Crippen LogP contribution is 2.31. The zero-order valence-electron chi connectivity index (χ0n) is 16.9. The van der Waals surface area contributed by atoms with E-state index in [2.05, 4.69) is 10.2 Å². The molecule has 0 unspecified atom stereocenters. The van der Waals surface area contributed by atoms with E-state index in [-0.39, 0.29) is 22.2 Å². The Balaban J connectivity index is 1.80. The number of nitrogens with one attached hydrogen (secondary N) is 1. The predicted octanol–water partition coefficient (Wildman–Crippen LogP) is 4.60. The molecule has 0 aliphatic carbocycles. The van der Waals surface area contributed by atoms with Crippen LogP contribution in [0.2, 0.25) is 10.0 Å². The van der Waals surface area contributed by atoms with E-state index in [0.29, 0.717) is 43.3 Å². The average Bonchev–Trinajstić information content (AvgIpc) is 2.74. The smallest absolute Gasteiger partial charge is 0.270 e. The number of nitrogens with zero attached hydrogens (tertiary/aromatic N) is 3. The maximum atomic E-state index is 12.8. The SMILES string of the molecule is CCCC(=O)N1CCN(c2ccc(Cl)cc2NC(=O)c2cc([N+](=O)[O-])ccc2Cl)CC1. The highest BCUT2D eigenvalue weighted by Gasteiger charge is 2.23. The van der Waals surface area contributed by atoms with Gasteiger partial charge in [0, 0.05) is 49.8 Å². The lowest BCUT2D eigenvalue weighted by Crippen LogP contribution is -2.48. The molecule has 0 radical (unpaired) electrons. The molecule has 10 heteroatoms. The zero-order chi connectivity index (χ0) is 22.5. The first-order valence-corrected chi connectivity index (χ1v) is 10.6. The Hall–Kier alpha value is -2.84. The molecule has 3 rings (SSSR count). The molecule has 2 amide bonds. The molecule has 0 bridgehead atoms. The first-order chi connectivity index (χ1) is 14.8. The van der Waals surface area contributed by atoms with Crippen molar-refractivity contribution in [3.63, 3.8) is 0 Å². The molecule has 1 fully saturated rings. The zero-order valence-corrected chi connectivity index (χ0v) is 18.4. The summed E-state index contributed by atoms with van der Waals surface area (Å²) in [6, 6.07) is 8.84. The highest BCUT2D eigenvalue weighted by molar-refractivity contribution is 6.34. The van der Waals surface area contributed by atoms with Gasteiger partial charge in [-0.3, -0.25) is 19.7 Å². The van der Waals surface area contributed by atoms with Crippen molar-refractivity contribution < 1.29 is 14.5 Å². The van der Waals surface area contributed by atoms with Crippen molar-refractivity contribution in [3.8, 4) is 0 Å². The predicted molar refractivity (Wildman–Crippen MR) is 121 cm³/mol. The van der Waals surface area contributed by atoms with Crippen LogP contribution in [0.15, 0.2) is 36.4 Å². The van der Waals surface area contributed by atoms with Crippen molar-refractivity contribution in [2.24, 2.45) is 0 Å². The van der Waals surface area contributed by atoms with Crippen LogP contribution in [-0.2, 0) is 4.79 Å². The number of carbonyl (C=O) groups is 2. The molecule has 164 valence electrons. The van der Waals surface area contributed by atoms with E-state index in [1.54, 1.807) is 18.2 Å². The minimum absolute atomic E-state index is 0.00299. The van der Waals surface area contributed by atoms with Crippen molar-refractivity contribution in [1.82, 2.24) is 4.90 Å². The van der Waals surface area contributed by atoms with Crippen LogP contribution in [-0.4, -0.2) is 47.8 Å². The van der Waals surface area contributed by atoms with Crippen LogP contribution in [0.3, 0.4) is 0 Å². The van der Waals surface area contributed by atoms with Crippen LogP contribution >= 0.6 is 23.2 Å². The quantitative estimate of drug-likeness (QED) is 0.497. The number of nitro groups is 1. The summed E-state index contributed by atoms with van der Waals surface area (Å²) in [5.74, 6) is -0.430. The van der Waals surface area contributed by atoms with Crippen LogP contribution in [0, 0.1) is 10.1 Å². The second-order valence-corrected chi connectivity index (χ2v) is 8.00. The number of halogens is 2. The van der Waals surface area contributed by atoms with Gasteiger partial charge in [0.1, 0.15) is 0 Å². The van der Waals surface area contributed by atoms with E-state index in [4.69, 9.17) is 23.2 Å². The van der Waals surface area contributed by atoms with E-state index >= 15 is 0 Å². The molecular formula is C21H22Cl2N4O4. The highest BCUT2D eigenvalue weighted by atomic mass is 35.5. The van der Waals surface area contributed by atoms with Gasteiger partial charge in [0.05, 0.1) is 26.9 Å². The molecule has 0 aromatic heterocycles. The summed E-state index contributed by atoms with van der Waals surface area (Å²) in [5, 5.41) is 14.4. The summed E-state index contributed by atoms with van der Waals surface area (Å²) in [4.78, 5) is 39.3. The maximum Gasteiger partial charge on any atom is 0.270 e. The summed E-state index contributed by atoms with van der Waals surface area (Å²) in [7, 11) is 0. The van der Waals surface area contributed by atoms with Gasteiger partial charge in [0.15, 0.2) is 0 Å². The van der Waals surface area contributed by atoms with Gasteiger partial charge in [-0.25, -0.2) is 0 Å². The Morgan fingerprint density at radius 3 is 2.45 bits per heavy atom. The lowest BCUT2D eigenvalue weighted by molar-refractivity contribution is -0.384. The Morgan fingerprint density at radius 2 is 1.81 bits per heavy atom. The number of hydrogen-bond acceptors (Lipinski definition) is 5. The number of hydrogen-bond donors (Lipinski definition) is 1. The fourth-order valence-electron chi connectivity index (χ4n) is 3.44. The van der Waals surface area contributed by atoms with Crippen LogP contribution in [0.1, 0.15) is 30.1 Å². The number of non-ortho nitro benzene ring substituents is 1. The molecule has 0 atom stereocenters. The average molecular weight is 465 g/mol. The number of anilines is 2. The molecule has 0 saturated carbocycles. The molecule has 2 aromatic carbocycles. The van der Waals surface area contributed by atoms with Crippen LogP contribution in [0.4, 0.5) is 17.1 Å². The molecule has 1 heterocycles. The number of benzene rings is 2. The monoisotopic (exact) mass is 464 g/mol. The number of piperazine rings is 1. The Labute approximate surface area is 189 Å². The number of rotatable bonds is 6. The topological polar surface area (TPSA) is 95.8 Å². The Bertz CT molecular complexity index is 1010. The third-order valence-electron chi connectivity index (χ3n) is 5.05. The Kier molecular flexibility index (Phi) is 7.35. The van der Waals surface area contributed by atoms with Gasteiger partial charge in [-0.2, -0.15) is 0 Å². The molecule has 1 aliphatic heterocycles. The van der Waals surface area contributed by atoms with Gasteiger partial charge in [-0.05, 0) is 30.7 Å². The van der Waals surface area contributed by atoms with Gasteiger partial charge in [0.2, 0.25) is 5.91 Å². The van der Waals surface area contributed by atoms with E-state index in [0.717, 1.165) is 18.2 Å². The molecule has 1 aliphatic rings. The van der Waals surface area contributed by atoms with E-state index in [1.165, 1.54) is 12.1 Å². The molecule has 2 aromatic rings. The summed E-state index contributed by atoms with van der Waals surface area (Å²) in [5.41, 5.74) is 0.987.